The van der Waals surface area contributed by atoms with Gasteiger partial charge in [0.2, 0.25) is 5.88 Å². The summed E-state index contributed by atoms with van der Waals surface area (Å²) >= 11 is 0. The molecule has 2 aromatic heterocycles. The third kappa shape index (κ3) is 1.93. The smallest absolute Gasteiger partial charge is 0.247 e. The number of nitrogens with two attached hydrogens (primary N) is 1. The first-order chi connectivity index (χ1) is 9.56. The summed E-state index contributed by atoms with van der Waals surface area (Å²) in [5.41, 5.74) is 6.23. The normalized spacial score (nSPS) is 10.9. The van der Waals surface area contributed by atoms with Crippen molar-refractivity contribution in [1.29, 1.82) is 0 Å². The van der Waals surface area contributed by atoms with Gasteiger partial charge in [-0.15, -0.1) is 0 Å². The van der Waals surface area contributed by atoms with Crippen LogP contribution in [0.5, 0.6) is 11.6 Å². The largest absolute Gasteiger partial charge is 0.434 e. The van der Waals surface area contributed by atoms with Crippen LogP contribution in [0, 0.1) is 11.6 Å². The Labute approximate surface area is 112 Å². The van der Waals surface area contributed by atoms with E-state index in [-0.39, 0.29) is 17.3 Å². The number of hydrogen-bond acceptors (Lipinski definition) is 4. The maximum atomic E-state index is 13.7. The van der Waals surface area contributed by atoms with Gasteiger partial charge in [-0.25, -0.2) is 18.7 Å². The van der Waals surface area contributed by atoms with Gasteiger partial charge in [-0.05, 0) is 6.07 Å². The molecule has 0 amide bonds. The lowest BCUT2D eigenvalue weighted by Gasteiger charge is -2.07. The van der Waals surface area contributed by atoms with Crippen molar-refractivity contribution >= 4 is 16.7 Å². The summed E-state index contributed by atoms with van der Waals surface area (Å²) in [6.45, 7) is 0. The van der Waals surface area contributed by atoms with E-state index < -0.39 is 11.6 Å². The van der Waals surface area contributed by atoms with Crippen LogP contribution in [0.2, 0.25) is 0 Å². The number of aromatic nitrogens is 3. The third-order valence-electron chi connectivity index (χ3n) is 2.87. The molecule has 0 unspecified atom stereocenters. The van der Waals surface area contributed by atoms with Gasteiger partial charge in [-0.3, -0.25) is 0 Å². The summed E-state index contributed by atoms with van der Waals surface area (Å²) in [5.74, 6) is -1.71. The lowest BCUT2D eigenvalue weighted by atomic mass is 10.3. The zero-order chi connectivity index (χ0) is 14.3. The number of nitrogens with zero attached hydrogens (tertiary/aromatic N) is 3. The number of aryl methyl sites for hydroxylation is 1. The predicted molar refractivity (Wildman–Crippen MR) is 69.4 cm³/mol. The number of imidazole rings is 1. The van der Waals surface area contributed by atoms with E-state index >= 15 is 0 Å². The van der Waals surface area contributed by atoms with Gasteiger partial charge in [0, 0.05) is 25.4 Å². The fraction of sp³-hybridized carbons (Fsp3) is 0.0769. The molecule has 7 heteroatoms. The maximum Gasteiger partial charge on any atom is 0.247 e. The van der Waals surface area contributed by atoms with E-state index in [1.54, 1.807) is 17.0 Å². The summed E-state index contributed by atoms with van der Waals surface area (Å²) in [6.07, 6.45) is 3.09. The van der Waals surface area contributed by atoms with Crippen LogP contribution in [0.25, 0.3) is 11.0 Å². The second-order valence-corrected chi connectivity index (χ2v) is 4.25. The lowest BCUT2D eigenvalue weighted by molar-refractivity contribution is 0.427. The molecule has 3 aromatic rings. The van der Waals surface area contributed by atoms with Crippen LogP contribution in [0.4, 0.5) is 14.5 Å². The number of ether oxygens (including phenoxy) is 1. The van der Waals surface area contributed by atoms with E-state index in [4.69, 9.17) is 10.5 Å². The average molecular weight is 276 g/mol. The van der Waals surface area contributed by atoms with Gasteiger partial charge in [0.05, 0.1) is 17.5 Å². The van der Waals surface area contributed by atoms with Crippen molar-refractivity contribution in [2.24, 2.45) is 7.05 Å². The summed E-state index contributed by atoms with van der Waals surface area (Å²) in [4.78, 5) is 8.11. The van der Waals surface area contributed by atoms with E-state index in [2.05, 4.69) is 9.97 Å². The van der Waals surface area contributed by atoms with Gasteiger partial charge >= 0.3 is 0 Å². The van der Waals surface area contributed by atoms with E-state index in [9.17, 15) is 8.78 Å². The maximum absolute atomic E-state index is 13.7. The fourth-order valence-electron chi connectivity index (χ4n) is 1.84. The molecule has 0 bridgehead atoms. The third-order valence-corrected chi connectivity index (χ3v) is 2.87. The highest BCUT2D eigenvalue weighted by atomic mass is 19.1. The molecular formula is C13H10F2N4O. The first-order valence-corrected chi connectivity index (χ1v) is 5.74. The topological polar surface area (TPSA) is 66.0 Å². The first-order valence-electron chi connectivity index (χ1n) is 5.74. The number of pyridine rings is 1. The van der Waals surface area contributed by atoms with Crippen molar-refractivity contribution in [3.8, 4) is 11.6 Å². The van der Waals surface area contributed by atoms with Crippen molar-refractivity contribution in [2.75, 3.05) is 5.73 Å². The second-order valence-electron chi connectivity index (χ2n) is 4.25. The summed E-state index contributed by atoms with van der Waals surface area (Å²) in [7, 11) is 1.81. The van der Waals surface area contributed by atoms with Gasteiger partial charge < -0.3 is 15.0 Å². The molecule has 0 aliphatic carbocycles. The molecule has 0 fully saturated rings. The Morgan fingerprint density at radius 2 is 2.00 bits per heavy atom. The van der Waals surface area contributed by atoms with E-state index in [1.807, 2.05) is 7.05 Å². The SMILES string of the molecule is Cn1cnc2c(Oc3cc(F)c(N)cc3F)nccc21. The molecule has 0 aliphatic heterocycles. The number of fused-ring (bicyclic) bond motifs is 1. The van der Waals surface area contributed by atoms with Gasteiger partial charge in [-0.1, -0.05) is 0 Å². The molecule has 0 saturated heterocycles. The summed E-state index contributed by atoms with van der Waals surface area (Å²) < 4.78 is 34.1. The molecule has 0 spiro atoms. The van der Waals surface area contributed by atoms with Crippen LogP contribution in [0.15, 0.2) is 30.7 Å². The second kappa shape index (κ2) is 4.44. The van der Waals surface area contributed by atoms with Crippen molar-refractivity contribution in [3.63, 3.8) is 0 Å². The molecule has 0 atom stereocenters. The monoisotopic (exact) mass is 276 g/mol. The van der Waals surface area contributed by atoms with E-state index in [0.29, 0.717) is 5.52 Å². The minimum Gasteiger partial charge on any atom is -0.434 e. The Bertz CT molecular complexity index is 800. The Kier molecular flexibility index (Phi) is 2.74. The summed E-state index contributed by atoms with van der Waals surface area (Å²) in [6, 6.07) is 3.49. The van der Waals surface area contributed by atoms with Gasteiger partial charge in [0.1, 0.15) is 5.82 Å². The van der Waals surface area contributed by atoms with Crippen molar-refractivity contribution in [2.45, 2.75) is 0 Å². The Morgan fingerprint density at radius 3 is 2.80 bits per heavy atom. The highest BCUT2D eigenvalue weighted by Crippen LogP contribution is 2.30. The van der Waals surface area contributed by atoms with Crippen LogP contribution in [-0.4, -0.2) is 14.5 Å². The lowest BCUT2D eigenvalue weighted by Crippen LogP contribution is -1.97. The number of hydrogen-bond donors (Lipinski definition) is 1. The number of anilines is 1. The molecule has 0 radical (unpaired) electrons. The van der Waals surface area contributed by atoms with E-state index in [1.165, 1.54) is 6.20 Å². The van der Waals surface area contributed by atoms with Crippen LogP contribution in [0.3, 0.4) is 0 Å². The molecule has 5 nitrogen and oxygen atoms in total. The Hall–Kier alpha value is -2.70. The van der Waals surface area contributed by atoms with Crippen molar-refractivity contribution in [3.05, 3.63) is 42.4 Å². The van der Waals surface area contributed by atoms with Gasteiger partial charge in [0.15, 0.2) is 17.1 Å². The highest BCUT2D eigenvalue weighted by Gasteiger charge is 2.14. The Morgan fingerprint density at radius 1 is 1.20 bits per heavy atom. The molecule has 102 valence electrons. The molecular weight excluding hydrogens is 266 g/mol. The molecule has 0 aliphatic rings. The first kappa shape index (κ1) is 12.3. The van der Waals surface area contributed by atoms with E-state index in [0.717, 1.165) is 17.6 Å². The minimum absolute atomic E-state index is 0.103. The number of nitrogen functional groups attached to an aromatic ring is 1. The van der Waals surface area contributed by atoms with Crippen LogP contribution < -0.4 is 10.5 Å². The van der Waals surface area contributed by atoms with Crippen LogP contribution in [0.1, 0.15) is 0 Å². The fourth-order valence-corrected chi connectivity index (χ4v) is 1.84. The number of rotatable bonds is 2. The molecule has 1 aromatic carbocycles. The molecule has 2 N–H and O–H groups in total. The molecule has 20 heavy (non-hydrogen) atoms. The van der Waals surface area contributed by atoms with Gasteiger partial charge in [0.25, 0.3) is 0 Å². The highest BCUT2D eigenvalue weighted by molar-refractivity contribution is 5.80. The standard InChI is InChI=1S/C13H10F2N4O/c1-19-6-18-12-10(19)2-3-17-13(12)20-11-5-7(14)9(16)4-8(11)15/h2-6H,16H2,1H3. The van der Waals surface area contributed by atoms with Crippen LogP contribution in [-0.2, 0) is 7.05 Å². The Balaban J connectivity index is 2.08. The number of halogens is 2. The van der Waals surface area contributed by atoms with Crippen molar-refractivity contribution < 1.29 is 13.5 Å². The quantitative estimate of drug-likeness (QED) is 0.731. The molecule has 0 saturated carbocycles. The molecule has 3 rings (SSSR count). The zero-order valence-electron chi connectivity index (χ0n) is 10.5. The summed E-state index contributed by atoms with van der Waals surface area (Å²) in [5, 5.41) is 0. The van der Waals surface area contributed by atoms with Crippen LogP contribution >= 0.6 is 0 Å². The average Bonchev–Trinajstić information content (AvgIpc) is 2.79. The zero-order valence-corrected chi connectivity index (χ0v) is 10.5. The minimum atomic E-state index is -0.765. The predicted octanol–water partition coefficient (Wildman–Crippen LogP) is 2.62. The van der Waals surface area contributed by atoms with Crippen molar-refractivity contribution in [1.82, 2.24) is 14.5 Å². The van der Waals surface area contributed by atoms with Gasteiger partial charge in [-0.2, -0.15) is 0 Å². The number of benzene rings is 1. The molecule has 2 heterocycles.